The lowest BCUT2D eigenvalue weighted by Crippen LogP contribution is -2.19. The van der Waals surface area contributed by atoms with Crippen molar-refractivity contribution >= 4 is 27.1 Å². The molecule has 4 nitrogen and oxygen atoms in total. The van der Waals surface area contributed by atoms with Gasteiger partial charge in [0, 0.05) is 24.2 Å². The highest BCUT2D eigenvalue weighted by molar-refractivity contribution is 7.91. The van der Waals surface area contributed by atoms with Crippen molar-refractivity contribution in [2.45, 2.75) is 17.1 Å². The van der Waals surface area contributed by atoms with E-state index in [-0.39, 0.29) is 16.2 Å². The average Bonchev–Trinajstić information content (AvgIpc) is 2.71. The summed E-state index contributed by atoms with van der Waals surface area (Å²) in [5, 5.41) is -1.16. The molecular weight excluding hydrogens is 418 g/mol. The van der Waals surface area contributed by atoms with Crippen LogP contribution in [0.25, 0.3) is 0 Å². The van der Waals surface area contributed by atoms with E-state index in [1.54, 1.807) is 11.0 Å². The molecule has 1 heterocycles. The monoisotopic (exact) mass is 435 g/mol. The number of hydrogen-bond donors (Lipinski definition) is 0. The molecule has 0 saturated heterocycles. The van der Waals surface area contributed by atoms with Crippen molar-refractivity contribution in [3.63, 3.8) is 0 Å². The first-order chi connectivity index (χ1) is 13.7. The number of benzene rings is 2. The van der Waals surface area contributed by atoms with Gasteiger partial charge in [0.1, 0.15) is 16.9 Å². The lowest BCUT2D eigenvalue weighted by atomic mass is 10.1. The highest BCUT2D eigenvalue weighted by atomic mass is 35.5. The van der Waals surface area contributed by atoms with Gasteiger partial charge in [0.2, 0.25) is 0 Å². The molecule has 8 heteroatoms. The van der Waals surface area contributed by atoms with E-state index in [1.807, 2.05) is 20.5 Å². The number of pyridine rings is 1. The molecule has 29 heavy (non-hydrogen) atoms. The van der Waals surface area contributed by atoms with Crippen LogP contribution in [0, 0.1) is 18.2 Å². The summed E-state index contributed by atoms with van der Waals surface area (Å²) in [6.45, 7) is 3.65. The van der Waals surface area contributed by atoms with Gasteiger partial charge in [-0.15, -0.1) is 0 Å². The molecule has 3 aromatic rings. The van der Waals surface area contributed by atoms with Crippen molar-refractivity contribution in [1.82, 2.24) is 4.98 Å². The maximum Gasteiger partial charge on any atom is 0.191 e. The molecule has 0 aliphatic carbocycles. The Balaban J connectivity index is 2.19. The number of anilines is 1. The third kappa shape index (κ3) is 4.41. The first kappa shape index (κ1) is 21.2. The topological polar surface area (TPSA) is 50.3 Å². The SMILES string of the molecule is C[CH]N(C)c1ccc(C(c2cc(F)ccc2F)S(=O)(=O)c2ccc(Cl)cc2)nc1. The summed E-state index contributed by atoms with van der Waals surface area (Å²) >= 11 is 5.86. The van der Waals surface area contributed by atoms with Crippen LogP contribution in [-0.2, 0) is 9.84 Å². The highest BCUT2D eigenvalue weighted by Gasteiger charge is 2.34. The fourth-order valence-corrected chi connectivity index (χ4v) is 4.76. The molecule has 0 aliphatic rings. The van der Waals surface area contributed by atoms with Crippen LogP contribution in [-0.4, -0.2) is 20.4 Å². The van der Waals surface area contributed by atoms with Crippen LogP contribution in [0.5, 0.6) is 0 Å². The maximum absolute atomic E-state index is 14.6. The zero-order chi connectivity index (χ0) is 21.2. The number of aromatic nitrogens is 1. The molecule has 0 fully saturated rings. The molecule has 1 radical (unpaired) electrons. The molecule has 0 aliphatic heterocycles. The molecule has 0 bridgehead atoms. The van der Waals surface area contributed by atoms with E-state index in [2.05, 4.69) is 4.98 Å². The summed E-state index contributed by atoms with van der Waals surface area (Å²) in [7, 11) is -2.34. The van der Waals surface area contributed by atoms with Crippen molar-refractivity contribution in [2.75, 3.05) is 11.9 Å². The van der Waals surface area contributed by atoms with Gasteiger partial charge >= 0.3 is 0 Å². The van der Waals surface area contributed by atoms with E-state index in [1.165, 1.54) is 36.5 Å². The van der Waals surface area contributed by atoms with Gasteiger partial charge in [-0.05, 0) is 61.5 Å². The summed E-state index contributed by atoms with van der Waals surface area (Å²) in [5.74, 6) is -1.58. The van der Waals surface area contributed by atoms with Crippen molar-refractivity contribution in [3.8, 4) is 0 Å². The zero-order valence-electron chi connectivity index (χ0n) is 15.7. The fraction of sp³-hybridized carbons (Fsp3) is 0.143. The second-order valence-electron chi connectivity index (χ2n) is 6.36. The number of rotatable bonds is 6. The molecule has 151 valence electrons. The van der Waals surface area contributed by atoms with Gasteiger partial charge < -0.3 is 4.90 Å². The van der Waals surface area contributed by atoms with E-state index in [4.69, 9.17) is 11.6 Å². The van der Waals surface area contributed by atoms with Crippen LogP contribution in [0.1, 0.15) is 23.4 Å². The Kier molecular flexibility index (Phi) is 6.19. The van der Waals surface area contributed by atoms with Gasteiger partial charge in [0.25, 0.3) is 0 Å². The molecule has 1 aromatic heterocycles. The van der Waals surface area contributed by atoms with Crippen molar-refractivity contribution in [1.29, 1.82) is 0 Å². The average molecular weight is 436 g/mol. The summed E-state index contributed by atoms with van der Waals surface area (Å²) in [4.78, 5) is 5.97. The van der Waals surface area contributed by atoms with Crippen LogP contribution >= 0.6 is 11.6 Å². The van der Waals surface area contributed by atoms with E-state index < -0.39 is 26.7 Å². The molecule has 0 amide bonds. The normalized spacial score (nSPS) is 12.6. The Hall–Kier alpha value is -2.51. The molecule has 0 saturated carbocycles. The van der Waals surface area contributed by atoms with Gasteiger partial charge in [-0.25, -0.2) is 17.2 Å². The van der Waals surface area contributed by atoms with E-state index in [9.17, 15) is 17.2 Å². The molecule has 0 N–H and O–H groups in total. The Morgan fingerprint density at radius 2 is 1.76 bits per heavy atom. The molecule has 1 unspecified atom stereocenters. The fourth-order valence-electron chi connectivity index (χ4n) is 2.87. The summed E-state index contributed by atoms with van der Waals surface area (Å²) in [6.07, 6.45) is 1.48. The predicted octanol–water partition coefficient (Wildman–Crippen LogP) is 5.19. The summed E-state index contributed by atoms with van der Waals surface area (Å²) < 4.78 is 55.2. The molecule has 3 rings (SSSR count). The first-order valence-electron chi connectivity index (χ1n) is 8.66. The summed E-state index contributed by atoms with van der Waals surface area (Å²) in [5.41, 5.74) is 0.493. The minimum atomic E-state index is -4.15. The highest BCUT2D eigenvalue weighted by Crippen LogP contribution is 2.36. The smallest absolute Gasteiger partial charge is 0.191 e. The molecule has 1 atom stereocenters. The molecule has 0 spiro atoms. The largest absolute Gasteiger partial charge is 0.369 e. The van der Waals surface area contributed by atoms with E-state index in [0.29, 0.717) is 5.02 Å². The lowest BCUT2D eigenvalue weighted by molar-refractivity contribution is 0.568. The Morgan fingerprint density at radius 3 is 2.34 bits per heavy atom. The lowest BCUT2D eigenvalue weighted by Gasteiger charge is -2.21. The Bertz CT molecular complexity index is 1100. The molecule has 2 aromatic carbocycles. The van der Waals surface area contributed by atoms with Crippen LogP contribution in [0.3, 0.4) is 0 Å². The minimum absolute atomic E-state index is 0.0690. The second kappa shape index (κ2) is 8.47. The Labute approximate surface area is 173 Å². The van der Waals surface area contributed by atoms with Crippen molar-refractivity contribution < 1.29 is 17.2 Å². The van der Waals surface area contributed by atoms with Crippen molar-refractivity contribution in [3.05, 3.63) is 95.3 Å². The number of nitrogens with zero attached hydrogens (tertiary/aromatic N) is 2. The number of sulfone groups is 1. The van der Waals surface area contributed by atoms with Gasteiger partial charge in [0.05, 0.1) is 22.5 Å². The first-order valence-corrected chi connectivity index (χ1v) is 10.6. The third-order valence-electron chi connectivity index (χ3n) is 4.53. The second-order valence-corrected chi connectivity index (χ2v) is 8.82. The third-order valence-corrected chi connectivity index (χ3v) is 6.82. The van der Waals surface area contributed by atoms with Crippen LogP contribution < -0.4 is 4.90 Å². The van der Waals surface area contributed by atoms with Gasteiger partial charge in [-0.1, -0.05) is 11.6 Å². The maximum atomic E-state index is 14.6. The van der Waals surface area contributed by atoms with Crippen LogP contribution in [0.4, 0.5) is 14.5 Å². The quantitative estimate of drug-likeness (QED) is 0.534. The van der Waals surface area contributed by atoms with E-state index in [0.717, 1.165) is 23.9 Å². The number of halogens is 3. The minimum Gasteiger partial charge on any atom is -0.369 e. The van der Waals surface area contributed by atoms with Crippen LogP contribution in [0.2, 0.25) is 5.02 Å². The van der Waals surface area contributed by atoms with Gasteiger partial charge in [0.15, 0.2) is 9.84 Å². The van der Waals surface area contributed by atoms with Crippen LogP contribution in [0.15, 0.2) is 65.7 Å². The molecular formula is C21H18ClF2N2O2S. The predicted molar refractivity (Wildman–Crippen MR) is 109 cm³/mol. The van der Waals surface area contributed by atoms with Crippen molar-refractivity contribution in [2.24, 2.45) is 0 Å². The number of hydrogen-bond acceptors (Lipinski definition) is 4. The Morgan fingerprint density at radius 1 is 1.07 bits per heavy atom. The van der Waals surface area contributed by atoms with E-state index >= 15 is 0 Å². The van der Waals surface area contributed by atoms with Gasteiger partial charge in [-0.2, -0.15) is 0 Å². The zero-order valence-corrected chi connectivity index (χ0v) is 17.3. The summed E-state index contributed by atoms with van der Waals surface area (Å²) in [6, 6.07) is 11.4. The standard InChI is InChI=1S/C21H18ClF2N2O2S/c1-3-26(2)16-7-11-20(25-13-16)21(18-12-15(23)6-10-19(18)24)29(27,28)17-8-4-14(22)5-9-17/h3-13,21H,1-2H3. The van der Waals surface area contributed by atoms with Gasteiger partial charge in [-0.3, -0.25) is 4.98 Å².